The Morgan fingerprint density at radius 2 is 1.56 bits per heavy atom. The van der Waals surface area contributed by atoms with E-state index in [-0.39, 0.29) is 23.2 Å². The molecule has 2 amide bonds. The van der Waals surface area contributed by atoms with Gasteiger partial charge in [-0.3, -0.25) is 13.9 Å². The molecule has 0 fully saturated rings. The van der Waals surface area contributed by atoms with Gasteiger partial charge < -0.3 is 10.2 Å². The summed E-state index contributed by atoms with van der Waals surface area (Å²) in [5, 5.41) is 3.22. The Morgan fingerprint density at radius 3 is 2.13 bits per heavy atom. The van der Waals surface area contributed by atoms with Crippen LogP contribution >= 0.6 is 11.6 Å². The number of aryl methyl sites for hydroxylation is 2. The highest BCUT2D eigenvalue weighted by molar-refractivity contribution is 7.92. The first kappa shape index (κ1) is 30.1. The van der Waals surface area contributed by atoms with Crippen LogP contribution in [0.2, 0.25) is 5.02 Å². The van der Waals surface area contributed by atoms with Crippen LogP contribution in [0.4, 0.5) is 10.1 Å². The highest BCUT2D eigenvalue weighted by Gasteiger charge is 2.33. The molecule has 0 unspecified atom stereocenters. The third kappa shape index (κ3) is 7.58. The summed E-state index contributed by atoms with van der Waals surface area (Å²) >= 11 is 6.13. The van der Waals surface area contributed by atoms with Crippen molar-refractivity contribution >= 4 is 39.1 Å². The average molecular weight is 574 g/mol. The topological polar surface area (TPSA) is 86.8 Å². The molecular formula is C29H33ClFN3O4S. The second-order valence-electron chi connectivity index (χ2n) is 9.74. The zero-order valence-corrected chi connectivity index (χ0v) is 24.2. The SMILES string of the molecule is Cc1ccc(S(=O)(=O)N(CC(=O)N(Cc2ccc(F)cc2)[C@H](C)C(=O)NC(C)C)c2ccc(Cl)cc2C)cc1. The van der Waals surface area contributed by atoms with E-state index < -0.39 is 40.2 Å². The van der Waals surface area contributed by atoms with Gasteiger partial charge in [-0.1, -0.05) is 41.4 Å². The molecule has 0 radical (unpaired) electrons. The predicted octanol–water partition coefficient (Wildman–Crippen LogP) is 5.23. The highest BCUT2D eigenvalue weighted by atomic mass is 35.5. The van der Waals surface area contributed by atoms with Gasteiger partial charge in [0, 0.05) is 17.6 Å². The molecule has 10 heteroatoms. The number of hydrogen-bond donors (Lipinski definition) is 1. The van der Waals surface area contributed by atoms with Crippen LogP contribution in [0.25, 0.3) is 0 Å². The van der Waals surface area contributed by atoms with Crippen LogP contribution in [0.1, 0.15) is 37.5 Å². The van der Waals surface area contributed by atoms with Gasteiger partial charge in [0.05, 0.1) is 10.6 Å². The summed E-state index contributed by atoms with van der Waals surface area (Å²) in [5.74, 6) is -1.43. The van der Waals surface area contributed by atoms with Crippen molar-refractivity contribution in [3.8, 4) is 0 Å². The minimum absolute atomic E-state index is 0.0194. The molecule has 0 aliphatic carbocycles. The van der Waals surface area contributed by atoms with Crippen LogP contribution in [0.15, 0.2) is 71.6 Å². The average Bonchev–Trinajstić information content (AvgIpc) is 2.86. The van der Waals surface area contributed by atoms with Gasteiger partial charge in [-0.25, -0.2) is 12.8 Å². The van der Waals surface area contributed by atoms with Crippen molar-refractivity contribution in [1.29, 1.82) is 0 Å². The van der Waals surface area contributed by atoms with E-state index in [0.717, 1.165) is 9.87 Å². The Morgan fingerprint density at radius 1 is 0.949 bits per heavy atom. The van der Waals surface area contributed by atoms with Crippen LogP contribution in [-0.2, 0) is 26.2 Å². The van der Waals surface area contributed by atoms with E-state index in [9.17, 15) is 22.4 Å². The van der Waals surface area contributed by atoms with Gasteiger partial charge >= 0.3 is 0 Å². The lowest BCUT2D eigenvalue weighted by Crippen LogP contribution is -2.52. The lowest BCUT2D eigenvalue weighted by atomic mass is 10.1. The van der Waals surface area contributed by atoms with Crippen molar-refractivity contribution in [2.75, 3.05) is 10.8 Å². The number of carbonyl (C=O) groups excluding carboxylic acids is 2. The summed E-state index contributed by atoms with van der Waals surface area (Å²) in [5.41, 5.74) is 2.32. The van der Waals surface area contributed by atoms with Crippen molar-refractivity contribution in [3.63, 3.8) is 0 Å². The molecule has 3 aromatic carbocycles. The molecule has 0 bridgehead atoms. The molecule has 208 valence electrons. The first-order valence-corrected chi connectivity index (χ1v) is 14.3. The Balaban J connectivity index is 2.06. The molecule has 3 rings (SSSR count). The molecule has 0 saturated carbocycles. The van der Waals surface area contributed by atoms with Crippen LogP contribution in [0.3, 0.4) is 0 Å². The van der Waals surface area contributed by atoms with Crippen LogP contribution in [0.5, 0.6) is 0 Å². The van der Waals surface area contributed by atoms with Crippen molar-refractivity contribution in [2.24, 2.45) is 0 Å². The van der Waals surface area contributed by atoms with Gasteiger partial charge in [0.2, 0.25) is 11.8 Å². The maximum Gasteiger partial charge on any atom is 0.264 e. The Hall–Kier alpha value is -3.43. The molecule has 0 saturated heterocycles. The lowest BCUT2D eigenvalue weighted by Gasteiger charge is -2.32. The number of sulfonamides is 1. The van der Waals surface area contributed by atoms with E-state index >= 15 is 0 Å². The van der Waals surface area contributed by atoms with Gasteiger partial charge in [0.1, 0.15) is 18.4 Å². The van der Waals surface area contributed by atoms with Gasteiger partial charge in [0.25, 0.3) is 10.0 Å². The maximum absolute atomic E-state index is 13.9. The second-order valence-corrected chi connectivity index (χ2v) is 12.0. The lowest BCUT2D eigenvalue weighted by molar-refractivity contribution is -0.139. The van der Waals surface area contributed by atoms with Crippen molar-refractivity contribution in [2.45, 2.75) is 58.1 Å². The summed E-state index contributed by atoms with van der Waals surface area (Å²) in [6.45, 7) is 8.14. The highest BCUT2D eigenvalue weighted by Crippen LogP contribution is 2.29. The molecule has 1 N–H and O–H groups in total. The smallest absolute Gasteiger partial charge is 0.264 e. The summed E-state index contributed by atoms with van der Waals surface area (Å²) in [6, 6.07) is 15.5. The zero-order valence-electron chi connectivity index (χ0n) is 22.6. The van der Waals surface area contributed by atoms with Crippen LogP contribution in [0, 0.1) is 19.7 Å². The first-order chi connectivity index (χ1) is 18.3. The number of hydrogen-bond acceptors (Lipinski definition) is 4. The fraction of sp³-hybridized carbons (Fsp3) is 0.310. The molecular weight excluding hydrogens is 541 g/mol. The summed E-state index contributed by atoms with van der Waals surface area (Å²) in [6.07, 6.45) is 0. The summed E-state index contributed by atoms with van der Waals surface area (Å²) in [7, 11) is -4.19. The fourth-order valence-electron chi connectivity index (χ4n) is 4.02. The number of carbonyl (C=O) groups is 2. The Kier molecular flexibility index (Phi) is 9.74. The fourth-order valence-corrected chi connectivity index (χ4v) is 5.73. The molecule has 1 atom stereocenters. The number of anilines is 1. The Labute approximate surface area is 234 Å². The third-order valence-electron chi connectivity index (χ3n) is 6.18. The molecule has 0 spiro atoms. The normalized spacial score (nSPS) is 12.2. The van der Waals surface area contributed by atoms with Crippen molar-refractivity contribution < 1.29 is 22.4 Å². The van der Waals surface area contributed by atoms with E-state index in [1.165, 1.54) is 41.3 Å². The van der Waals surface area contributed by atoms with E-state index in [0.29, 0.717) is 16.1 Å². The standard InChI is InChI=1S/C29H33ClFN3O4S/c1-19(2)32-29(36)22(5)33(17-23-8-11-25(31)12-9-23)28(35)18-34(27-15-10-24(30)16-21(27)4)39(37,38)26-13-6-20(3)7-14-26/h6-16,19,22H,17-18H2,1-5H3,(H,32,36)/t22-/m1/s1. The minimum Gasteiger partial charge on any atom is -0.352 e. The van der Waals surface area contributed by atoms with Crippen molar-refractivity contribution in [1.82, 2.24) is 10.2 Å². The summed E-state index contributed by atoms with van der Waals surface area (Å²) < 4.78 is 42.3. The monoisotopic (exact) mass is 573 g/mol. The second kappa shape index (κ2) is 12.6. The van der Waals surface area contributed by atoms with E-state index in [4.69, 9.17) is 11.6 Å². The van der Waals surface area contributed by atoms with Crippen LogP contribution < -0.4 is 9.62 Å². The number of nitrogens with one attached hydrogen (secondary N) is 1. The number of halogens is 2. The van der Waals surface area contributed by atoms with Gasteiger partial charge in [0.15, 0.2) is 0 Å². The van der Waals surface area contributed by atoms with Gasteiger partial charge in [-0.2, -0.15) is 0 Å². The molecule has 0 heterocycles. The first-order valence-electron chi connectivity index (χ1n) is 12.5. The van der Waals surface area contributed by atoms with Crippen LogP contribution in [-0.4, -0.2) is 43.8 Å². The molecule has 0 aliphatic heterocycles. The number of benzene rings is 3. The molecule has 3 aromatic rings. The van der Waals surface area contributed by atoms with E-state index in [1.807, 2.05) is 6.92 Å². The summed E-state index contributed by atoms with van der Waals surface area (Å²) in [4.78, 5) is 28.1. The Bertz CT molecular complexity index is 1430. The van der Waals surface area contributed by atoms with Gasteiger partial charge in [-0.15, -0.1) is 0 Å². The zero-order chi connectivity index (χ0) is 28.9. The number of rotatable bonds is 10. The molecule has 0 aliphatic rings. The predicted molar refractivity (Wildman–Crippen MR) is 152 cm³/mol. The molecule has 7 nitrogen and oxygen atoms in total. The van der Waals surface area contributed by atoms with Gasteiger partial charge in [-0.05, 0) is 88.2 Å². The molecule has 39 heavy (non-hydrogen) atoms. The van der Waals surface area contributed by atoms with E-state index in [2.05, 4.69) is 5.32 Å². The minimum atomic E-state index is -4.19. The number of nitrogens with zero attached hydrogens (tertiary/aromatic N) is 2. The van der Waals surface area contributed by atoms with Crippen molar-refractivity contribution in [3.05, 3.63) is 94.3 Å². The third-order valence-corrected chi connectivity index (χ3v) is 8.19. The largest absolute Gasteiger partial charge is 0.352 e. The number of amides is 2. The molecule has 0 aromatic heterocycles. The van der Waals surface area contributed by atoms with E-state index in [1.54, 1.807) is 58.0 Å². The quantitative estimate of drug-likeness (QED) is 0.360. The maximum atomic E-state index is 13.9.